The summed E-state index contributed by atoms with van der Waals surface area (Å²) < 4.78 is 11.2. The van der Waals surface area contributed by atoms with Crippen LogP contribution >= 0.6 is 22.9 Å². The highest BCUT2D eigenvalue weighted by molar-refractivity contribution is 7.21. The standard InChI is InChI=1S/C24H24ClN7O3S/c1-12-5-15(16-6-19(25)27-8-18(16)34-4)17(7-26-12)22(33)31-24-30-21-23(36-24)29-20(9-28-21)32-10-14(3)35-11-13(32)2/h5-9,13-14H,10-11H2,1-4H3,(H,28,30,31,33)/t13-,14+/m1/s1. The second kappa shape index (κ2) is 9.92. The third kappa shape index (κ3) is 4.81. The minimum absolute atomic E-state index is 0.112. The number of ether oxygens (including phenoxy) is 2. The SMILES string of the molecule is COc1cnc(Cl)cc1-c1cc(C)ncc1C(=O)Nc1nc2ncc(N3C[C@H](C)OC[C@H]3C)nc2s1. The summed E-state index contributed by atoms with van der Waals surface area (Å²) >= 11 is 7.41. The van der Waals surface area contributed by atoms with Crippen LogP contribution in [0.25, 0.3) is 21.6 Å². The van der Waals surface area contributed by atoms with Crippen molar-refractivity contribution in [2.24, 2.45) is 0 Å². The molecule has 0 aliphatic carbocycles. The molecule has 1 saturated heterocycles. The fourth-order valence-electron chi connectivity index (χ4n) is 4.05. The number of halogens is 1. The molecule has 1 N–H and O–H groups in total. The van der Waals surface area contributed by atoms with Crippen molar-refractivity contribution in [3.05, 3.63) is 47.1 Å². The molecule has 4 aromatic heterocycles. The number of hydrogen-bond acceptors (Lipinski definition) is 10. The normalized spacial score (nSPS) is 17.9. The zero-order chi connectivity index (χ0) is 25.4. The molecule has 186 valence electrons. The summed E-state index contributed by atoms with van der Waals surface area (Å²) in [6.45, 7) is 7.34. The molecule has 2 atom stereocenters. The maximum atomic E-state index is 13.3. The van der Waals surface area contributed by atoms with Crippen molar-refractivity contribution in [2.75, 3.05) is 30.5 Å². The van der Waals surface area contributed by atoms with Gasteiger partial charge in [0, 0.05) is 29.6 Å². The Morgan fingerprint density at radius 3 is 2.81 bits per heavy atom. The van der Waals surface area contributed by atoms with E-state index >= 15 is 0 Å². The summed E-state index contributed by atoms with van der Waals surface area (Å²) in [5.74, 6) is 0.882. The molecule has 1 aliphatic rings. The number of carbonyl (C=O) groups is 1. The topological polar surface area (TPSA) is 115 Å². The molecule has 5 rings (SSSR count). The fraction of sp³-hybridized carbons (Fsp3) is 0.333. The minimum Gasteiger partial charge on any atom is -0.494 e. The van der Waals surface area contributed by atoms with Crippen LogP contribution in [0, 0.1) is 6.92 Å². The molecule has 0 radical (unpaired) electrons. The lowest BCUT2D eigenvalue weighted by molar-refractivity contribution is 0.0340. The van der Waals surface area contributed by atoms with Crippen LogP contribution in [0.3, 0.4) is 0 Å². The number of hydrogen-bond donors (Lipinski definition) is 1. The molecule has 0 aromatic carbocycles. The first kappa shape index (κ1) is 24.3. The maximum Gasteiger partial charge on any atom is 0.259 e. The van der Waals surface area contributed by atoms with E-state index in [2.05, 4.69) is 37.1 Å². The van der Waals surface area contributed by atoms with E-state index in [0.29, 0.717) is 44.7 Å². The van der Waals surface area contributed by atoms with Crippen LogP contribution in [-0.2, 0) is 4.74 Å². The Morgan fingerprint density at radius 1 is 1.17 bits per heavy atom. The van der Waals surface area contributed by atoms with E-state index in [4.69, 9.17) is 26.1 Å². The highest BCUT2D eigenvalue weighted by Gasteiger charge is 2.26. The molecule has 4 aromatic rings. The maximum absolute atomic E-state index is 13.3. The van der Waals surface area contributed by atoms with Crippen LogP contribution in [0.4, 0.5) is 10.9 Å². The Morgan fingerprint density at radius 2 is 2.00 bits per heavy atom. The molecule has 36 heavy (non-hydrogen) atoms. The number of pyridine rings is 2. The Hall–Kier alpha value is -3.41. The largest absolute Gasteiger partial charge is 0.494 e. The number of nitrogens with zero attached hydrogens (tertiary/aromatic N) is 6. The molecule has 0 unspecified atom stereocenters. The summed E-state index contributed by atoms with van der Waals surface area (Å²) in [6.07, 6.45) is 4.87. The Labute approximate surface area is 216 Å². The van der Waals surface area contributed by atoms with E-state index in [1.165, 1.54) is 30.8 Å². The first-order chi connectivity index (χ1) is 17.3. The average Bonchev–Trinajstić information content (AvgIpc) is 3.26. The van der Waals surface area contributed by atoms with Gasteiger partial charge in [0.2, 0.25) is 0 Å². The van der Waals surface area contributed by atoms with Gasteiger partial charge in [0.15, 0.2) is 15.6 Å². The van der Waals surface area contributed by atoms with Crippen LogP contribution in [-0.4, -0.2) is 63.2 Å². The van der Waals surface area contributed by atoms with Gasteiger partial charge in [-0.25, -0.2) is 15.0 Å². The van der Waals surface area contributed by atoms with E-state index in [1.807, 2.05) is 13.8 Å². The Kier molecular flexibility index (Phi) is 6.69. The van der Waals surface area contributed by atoms with Crippen molar-refractivity contribution in [3.8, 4) is 16.9 Å². The lowest BCUT2D eigenvalue weighted by Crippen LogP contribution is -2.47. The lowest BCUT2D eigenvalue weighted by Gasteiger charge is -2.37. The molecule has 1 amide bonds. The van der Waals surface area contributed by atoms with Crippen molar-refractivity contribution in [3.63, 3.8) is 0 Å². The van der Waals surface area contributed by atoms with E-state index in [0.717, 1.165) is 18.1 Å². The lowest BCUT2D eigenvalue weighted by atomic mass is 10.0. The van der Waals surface area contributed by atoms with Gasteiger partial charge in [-0.3, -0.25) is 15.1 Å². The van der Waals surface area contributed by atoms with E-state index in [9.17, 15) is 4.79 Å². The number of aromatic nitrogens is 5. The average molecular weight is 526 g/mol. The van der Waals surface area contributed by atoms with Crippen molar-refractivity contribution in [1.29, 1.82) is 0 Å². The number of aryl methyl sites for hydroxylation is 1. The number of rotatable bonds is 5. The molecule has 10 nitrogen and oxygen atoms in total. The summed E-state index contributed by atoms with van der Waals surface area (Å²) in [4.78, 5) is 38.2. The van der Waals surface area contributed by atoms with Gasteiger partial charge in [-0.2, -0.15) is 4.98 Å². The predicted molar refractivity (Wildman–Crippen MR) is 139 cm³/mol. The highest BCUT2D eigenvalue weighted by atomic mass is 35.5. The number of nitrogens with one attached hydrogen (secondary N) is 1. The first-order valence-electron chi connectivity index (χ1n) is 11.3. The van der Waals surface area contributed by atoms with E-state index in [-0.39, 0.29) is 23.2 Å². The number of methoxy groups -OCH3 is 1. The van der Waals surface area contributed by atoms with Crippen molar-refractivity contribution >= 4 is 50.3 Å². The third-order valence-corrected chi connectivity index (χ3v) is 6.92. The van der Waals surface area contributed by atoms with Crippen molar-refractivity contribution in [1.82, 2.24) is 24.9 Å². The molecule has 12 heteroatoms. The van der Waals surface area contributed by atoms with Crippen LogP contribution in [0.15, 0.2) is 30.7 Å². The number of fused-ring (bicyclic) bond motifs is 1. The van der Waals surface area contributed by atoms with Gasteiger partial charge in [-0.1, -0.05) is 22.9 Å². The molecule has 1 aliphatic heterocycles. The van der Waals surface area contributed by atoms with E-state index < -0.39 is 0 Å². The minimum atomic E-state index is -0.373. The van der Waals surface area contributed by atoms with Crippen molar-refractivity contribution in [2.45, 2.75) is 32.9 Å². The molecule has 0 bridgehead atoms. The van der Waals surface area contributed by atoms with Gasteiger partial charge in [0.05, 0.1) is 43.8 Å². The zero-order valence-corrected chi connectivity index (χ0v) is 21.7. The van der Waals surface area contributed by atoms with Crippen LogP contribution < -0.4 is 15.0 Å². The summed E-state index contributed by atoms with van der Waals surface area (Å²) in [6, 6.07) is 3.65. The molecule has 0 saturated carbocycles. The summed E-state index contributed by atoms with van der Waals surface area (Å²) in [5, 5.41) is 3.55. The number of morpholine rings is 1. The summed E-state index contributed by atoms with van der Waals surface area (Å²) in [5.41, 5.74) is 2.82. The second-order valence-electron chi connectivity index (χ2n) is 8.55. The number of thiazole rings is 1. The number of carbonyl (C=O) groups excluding carboxylic acids is 1. The van der Waals surface area contributed by atoms with Gasteiger partial charge in [-0.15, -0.1) is 0 Å². The number of amides is 1. The molecule has 1 fully saturated rings. The first-order valence-corrected chi connectivity index (χ1v) is 12.5. The third-order valence-electron chi connectivity index (χ3n) is 5.86. The van der Waals surface area contributed by atoms with Crippen molar-refractivity contribution < 1.29 is 14.3 Å². The van der Waals surface area contributed by atoms with Gasteiger partial charge in [0.25, 0.3) is 5.91 Å². The Bertz CT molecular complexity index is 1450. The molecule has 5 heterocycles. The quantitative estimate of drug-likeness (QED) is 0.379. The monoisotopic (exact) mass is 525 g/mol. The van der Waals surface area contributed by atoms with Gasteiger partial charge < -0.3 is 14.4 Å². The van der Waals surface area contributed by atoms with Gasteiger partial charge in [0.1, 0.15) is 16.7 Å². The van der Waals surface area contributed by atoms with Crippen LogP contribution in [0.1, 0.15) is 29.9 Å². The summed E-state index contributed by atoms with van der Waals surface area (Å²) in [7, 11) is 1.54. The van der Waals surface area contributed by atoms with E-state index in [1.54, 1.807) is 18.3 Å². The van der Waals surface area contributed by atoms with Crippen LogP contribution in [0.2, 0.25) is 5.15 Å². The fourth-order valence-corrected chi connectivity index (χ4v) is 4.99. The molecule has 0 spiro atoms. The Balaban J connectivity index is 1.45. The second-order valence-corrected chi connectivity index (χ2v) is 9.92. The highest BCUT2D eigenvalue weighted by Crippen LogP contribution is 2.34. The smallest absolute Gasteiger partial charge is 0.259 e. The van der Waals surface area contributed by atoms with Gasteiger partial charge >= 0.3 is 0 Å². The number of anilines is 2. The molecular weight excluding hydrogens is 502 g/mol. The zero-order valence-electron chi connectivity index (χ0n) is 20.1. The van der Waals surface area contributed by atoms with Crippen LogP contribution in [0.5, 0.6) is 5.75 Å². The van der Waals surface area contributed by atoms with Gasteiger partial charge in [-0.05, 0) is 32.9 Å². The predicted octanol–water partition coefficient (Wildman–Crippen LogP) is 4.38. The molecular formula is C24H24ClN7O3S.